The quantitative estimate of drug-likeness (QED) is 0.882. The zero-order chi connectivity index (χ0) is 13.7. The Bertz CT molecular complexity index is 395. The SMILES string of the molecule is CCCN1CCOC(C(O)c2cccc(OC)c2)C1. The Morgan fingerprint density at radius 3 is 3.11 bits per heavy atom. The summed E-state index contributed by atoms with van der Waals surface area (Å²) in [7, 11) is 1.63. The van der Waals surface area contributed by atoms with Crippen molar-refractivity contribution in [3.05, 3.63) is 29.8 Å². The standard InChI is InChI=1S/C15H23NO3/c1-3-7-16-8-9-19-14(11-16)15(17)12-5-4-6-13(10-12)18-2/h4-6,10,14-15,17H,3,7-9,11H2,1-2H3. The van der Waals surface area contributed by atoms with Gasteiger partial charge in [0.05, 0.1) is 13.7 Å². The molecule has 1 aliphatic rings. The summed E-state index contributed by atoms with van der Waals surface area (Å²) in [5.74, 6) is 0.762. The molecule has 0 aromatic heterocycles. The first-order valence-corrected chi connectivity index (χ1v) is 6.90. The van der Waals surface area contributed by atoms with E-state index in [-0.39, 0.29) is 6.10 Å². The maximum atomic E-state index is 10.4. The fourth-order valence-corrected chi connectivity index (χ4v) is 2.48. The van der Waals surface area contributed by atoms with E-state index in [1.54, 1.807) is 7.11 Å². The maximum Gasteiger partial charge on any atom is 0.119 e. The highest BCUT2D eigenvalue weighted by molar-refractivity contribution is 5.30. The molecule has 0 bridgehead atoms. The van der Waals surface area contributed by atoms with Gasteiger partial charge in [0.2, 0.25) is 0 Å². The Morgan fingerprint density at radius 1 is 1.53 bits per heavy atom. The fourth-order valence-electron chi connectivity index (χ4n) is 2.48. The van der Waals surface area contributed by atoms with Gasteiger partial charge in [0.15, 0.2) is 0 Å². The molecule has 0 aliphatic carbocycles. The van der Waals surface area contributed by atoms with Crippen molar-refractivity contribution in [3.8, 4) is 5.75 Å². The van der Waals surface area contributed by atoms with Crippen LogP contribution in [0.5, 0.6) is 5.75 Å². The van der Waals surface area contributed by atoms with Crippen LogP contribution in [0, 0.1) is 0 Å². The lowest BCUT2D eigenvalue weighted by molar-refractivity contribution is -0.0898. The maximum absolute atomic E-state index is 10.4. The molecule has 1 aromatic carbocycles. The smallest absolute Gasteiger partial charge is 0.119 e. The van der Waals surface area contributed by atoms with Crippen LogP contribution in [0.3, 0.4) is 0 Å². The van der Waals surface area contributed by atoms with Crippen molar-refractivity contribution in [2.45, 2.75) is 25.6 Å². The zero-order valence-corrected chi connectivity index (χ0v) is 11.7. The van der Waals surface area contributed by atoms with E-state index in [0.717, 1.165) is 37.4 Å². The van der Waals surface area contributed by atoms with Gasteiger partial charge in [-0.2, -0.15) is 0 Å². The lowest BCUT2D eigenvalue weighted by Crippen LogP contribution is -2.45. The molecule has 1 aliphatic heterocycles. The monoisotopic (exact) mass is 265 g/mol. The van der Waals surface area contributed by atoms with E-state index >= 15 is 0 Å². The predicted octanol–water partition coefficient (Wildman–Crippen LogP) is 1.84. The van der Waals surface area contributed by atoms with Crippen molar-refractivity contribution in [2.75, 3.05) is 33.4 Å². The molecule has 1 N–H and O–H groups in total. The number of nitrogens with zero attached hydrogens (tertiary/aromatic N) is 1. The molecule has 1 saturated heterocycles. The predicted molar refractivity (Wildman–Crippen MR) is 74.4 cm³/mol. The summed E-state index contributed by atoms with van der Waals surface area (Å²) in [5, 5.41) is 10.4. The van der Waals surface area contributed by atoms with Gasteiger partial charge in [0.25, 0.3) is 0 Å². The largest absolute Gasteiger partial charge is 0.497 e. The molecule has 0 spiro atoms. The Hall–Kier alpha value is -1.10. The molecule has 0 radical (unpaired) electrons. The zero-order valence-electron chi connectivity index (χ0n) is 11.7. The van der Waals surface area contributed by atoms with Crippen LogP contribution in [0.15, 0.2) is 24.3 Å². The van der Waals surface area contributed by atoms with Crippen molar-refractivity contribution in [1.82, 2.24) is 4.90 Å². The minimum absolute atomic E-state index is 0.160. The minimum Gasteiger partial charge on any atom is -0.497 e. The van der Waals surface area contributed by atoms with Crippen molar-refractivity contribution >= 4 is 0 Å². The molecule has 2 unspecified atom stereocenters. The fraction of sp³-hybridized carbons (Fsp3) is 0.600. The highest BCUT2D eigenvalue weighted by Gasteiger charge is 2.27. The van der Waals surface area contributed by atoms with Gasteiger partial charge in [-0.25, -0.2) is 0 Å². The van der Waals surface area contributed by atoms with E-state index < -0.39 is 6.10 Å². The number of morpholine rings is 1. The summed E-state index contributed by atoms with van der Waals surface area (Å²) in [6, 6.07) is 7.55. The molecule has 106 valence electrons. The van der Waals surface area contributed by atoms with Crippen LogP contribution in [-0.4, -0.2) is 49.5 Å². The van der Waals surface area contributed by atoms with E-state index in [0.29, 0.717) is 6.61 Å². The van der Waals surface area contributed by atoms with Crippen LogP contribution >= 0.6 is 0 Å². The van der Waals surface area contributed by atoms with Gasteiger partial charge in [0, 0.05) is 13.1 Å². The number of ether oxygens (including phenoxy) is 2. The second-order valence-electron chi connectivity index (χ2n) is 4.93. The third-order valence-corrected chi connectivity index (χ3v) is 3.50. The van der Waals surface area contributed by atoms with Gasteiger partial charge in [-0.05, 0) is 30.7 Å². The van der Waals surface area contributed by atoms with E-state index in [9.17, 15) is 5.11 Å². The van der Waals surface area contributed by atoms with E-state index in [1.165, 1.54) is 0 Å². The van der Waals surface area contributed by atoms with E-state index in [4.69, 9.17) is 9.47 Å². The summed E-state index contributed by atoms with van der Waals surface area (Å²) in [6.07, 6.45) is 0.365. The Morgan fingerprint density at radius 2 is 2.37 bits per heavy atom. The number of aliphatic hydroxyl groups is 1. The molecule has 1 heterocycles. The Balaban J connectivity index is 2.03. The number of methoxy groups -OCH3 is 1. The van der Waals surface area contributed by atoms with Crippen molar-refractivity contribution < 1.29 is 14.6 Å². The molecule has 19 heavy (non-hydrogen) atoms. The number of benzene rings is 1. The van der Waals surface area contributed by atoms with E-state index in [2.05, 4.69) is 11.8 Å². The molecule has 0 saturated carbocycles. The van der Waals surface area contributed by atoms with Crippen molar-refractivity contribution in [3.63, 3.8) is 0 Å². The lowest BCUT2D eigenvalue weighted by Gasteiger charge is -2.35. The van der Waals surface area contributed by atoms with Crippen LogP contribution in [0.1, 0.15) is 25.0 Å². The average molecular weight is 265 g/mol. The highest BCUT2D eigenvalue weighted by atomic mass is 16.5. The number of rotatable bonds is 5. The van der Waals surface area contributed by atoms with E-state index in [1.807, 2.05) is 24.3 Å². The molecule has 2 atom stereocenters. The highest BCUT2D eigenvalue weighted by Crippen LogP contribution is 2.25. The lowest BCUT2D eigenvalue weighted by atomic mass is 10.0. The van der Waals surface area contributed by atoms with Gasteiger partial charge in [-0.1, -0.05) is 19.1 Å². The summed E-state index contributed by atoms with van der Waals surface area (Å²) in [5.41, 5.74) is 0.850. The Kier molecular flexibility index (Phi) is 5.19. The van der Waals surface area contributed by atoms with Crippen LogP contribution in [-0.2, 0) is 4.74 Å². The molecule has 1 fully saturated rings. The average Bonchev–Trinajstić information content (AvgIpc) is 2.47. The van der Waals surface area contributed by atoms with Gasteiger partial charge in [-0.15, -0.1) is 0 Å². The van der Waals surface area contributed by atoms with Crippen LogP contribution in [0.2, 0.25) is 0 Å². The summed E-state index contributed by atoms with van der Waals surface area (Å²) < 4.78 is 10.9. The van der Waals surface area contributed by atoms with Crippen molar-refractivity contribution in [2.24, 2.45) is 0 Å². The van der Waals surface area contributed by atoms with Crippen LogP contribution in [0.25, 0.3) is 0 Å². The molecule has 0 amide bonds. The summed E-state index contributed by atoms with van der Waals surface area (Å²) in [6.45, 7) is 5.65. The van der Waals surface area contributed by atoms with Crippen LogP contribution < -0.4 is 4.74 Å². The number of hydrogen-bond donors (Lipinski definition) is 1. The number of aliphatic hydroxyl groups excluding tert-OH is 1. The molecular weight excluding hydrogens is 242 g/mol. The summed E-state index contributed by atoms with van der Waals surface area (Å²) in [4.78, 5) is 2.34. The minimum atomic E-state index is -0.602. The first-order chi connectivity index (χ1) is 9.24. The Labute approximate surface area is 114 Å². The second kappa shape index (κ2) is 6.89. The second-order valence-corrected chi connectivity index (χ2v) is 4.93. The molecule has 4 heteroatoms. The molecule has 1 aromatic rings. The van der Waals surface area contributed by atoms with Gasteiger partial charge < -0.3 is 14.6 Å². The van der Waals surface area contributed by atoms with Gasteiger partial charge >= 0.3 is 0 Å². The number of hydrogen-bond acceptors (Lipinski definition) is 4. The first kappa shape index (κ1) is 14.3. The summed E-state index contributed by atoms with van der Waals surface area (Å²) >= 11 is 0. The van der Waals surface area contributed by atoms with Gasteiger partial charge in [-0.3, -0.25) is 4.90 Å². The topological polar surface area (TPSA) is 41.9 Å². The third-order valence-electron chi connectivity index (χ3n) is 3.50. The van der Waals surface area contributed by atoms with Gasteiger partial charge in [0.1, 0.15) is 18.0 Å². The molecule has 2 rings (SSSR count). The first-order valence-electron chi connectivity index (χ1n) is 6.90. The van der Waals surface area contributed by atoms with Crippen LogP contribution in [0.4, 0.5) is 0 Å². The normalized spacial score (nSPS) is 22.2. The molecular formula is C15H23NO3. The molecule has 4 nitrogen and oxygen atoms in total. The van der Waals surface area contributed by atoms with Crippen molar-refractivity contribution in [1.29, 1.82) is 0 Å². The third kappa shape index (κ3) is 3.69.